The van der Waals surface area contributed by atoms with E-state index in [2.05, 4.69) is 5.32 Å². The Morgan fingerprint density at radius 3 is 2.14 bits per heavy atom. The highest BCUT2D eigenvalue weighted by Gasteiger charge is 2.41. The van der Waals surface area contributed by atoms with Crippen LogP contribution < -0.4 is 11.1 Å². The quantitative estimate of drug-likeness (QED) is 0.787. The van der Waals surface area contributed by atoms with Gasteiger partial charge in [-0.1, -0.05) is 23.2 Å². The average molecular weight is 333 g/mol. The Balaban J connectivity index is 3.26. The van der Waals surface area contributed by atoms with Gasteiger partial charge in [-0.15, -0.1) is 0 Å². The van der Waals surface area contributed by atoms with Gasteiger partial charge in [0.2, 0.25) is 5.91 Å². The molecule has 0 radical (unpaired) electrons. The average Bonchev–Trinajstić information content (AvgIpc) is 2.30. The molecule has 1 rings (SSSR count). The molecule has 116 valence electrons. The van der Waals surface area contributed by atoms with Crippen LogP contribution in [0.25, 0.3) is 0 Å². The zero-order valence-corrected chi connectivity index (χ0v) is 13.8. The molecule has 1 amide bonds. The molecule has 21 heavy (non-hydrogen) atoms. The molecule has 0 fully saturated rings. The standard InChI is InChI=1S/C14H18Cl2N2O3/c1-13(2,14(3,4)17)12(21)18-10-8(11(19)20)5-7(15)6-9(10)16/h5-6H,17H2,1-4H3,(H,18,21)(H,19,20). The van der Waals surface area contributed by atoms with E-state index in [1.807, 2.05) is 0 Å². The van der Waals surface area contributed by atoms with Crippen LogP contribution in [0.15, 0.2) is 12.1 Å². The Morgan fingerprint density at radius 2 is 1.71 bits per heavy atom. The third kappa shape index (κ3) is 3.67. The van der Waals surface area contributed by atoms with E-state index in [9.17, 15) is 14.7 Å². The van der Waals surface area contributed by atoms with E-state index in [-0.39, 0.29) is 21.3 Å². The van der Waals surface area contributed by atoms with E-state index in [1.165, 1.54) is 12.1 Å². The summed E-state index contributed by atoms with van der Waals surface area (Å²) in [6.07, 6.45) is 0. The van der Waals surface area contributed by atoms with Crippen molar-refractivity contribution in [2.75, 3.05) is 5.32 Å². The van der Waals surface area contributed by atoms with E-state index < -0.39 is 22.8 Å². The van der Waals surface area contributed by atoms with Gasteiger partial charge in [-0.25, -0.2) is 4.79 Å². The molecular weight excluding hydrogens is 315 g/mol. The molecule has 1 aromatic carbocycles. The van der Waals surface area contributed by atoms with Crippen molar-refractivity contribution >= 4 is 40.8 Å². The molecule has 0 saturated carbocycles. The maximum Gasteiger partial charge on any atom is 0.337 e. The Kier molecular flexibility index (Phi) is 4.93. The van der Waals surface area contributed by atoms with Crippen LogP contribution in [0.2, 0.25) is 10.0 Å². The number of anilines is 1. The fraction of sp³-hybridized carbons (Fsp3) is 0.429. The molecule has 0 atom stereocenters. The van der Waals surface area contributed by atoms with Crippen LogP contribution in [0.5, 0.6) is 0 Å². The summed E-state index contributed by atoms with van der Waals surface area (Å²) in [7, 11) is 0. The summed E-state index contributed by atoms with van der Waals surface area (Å²) in [6.45, 7) is 6.78. The van der Waals surface area contributed by atoms with Crippen molar-refractivity contribution in [3.8, 4) is 0 Å². The minimum absolute atomic E-state index is 0.0101. The molecule has 0 aliphatic heterocycles. The van der Waals surface area contributed by atoms with Crippen molar-refractivity contribution in [2.45, 2.75) is 33.2 Å². The highest BCUT2D eigenvalue weighted by molar-refractivity contribution is 6.37. The molecule has 0 spiro atoms. The van der Waals surface area contributed by atoms with Gasteiger partial charge >= 0.3 is 5.97 Å². The topological polar surface area (TPSA) is 92.4 Å². The van der Waals surface area contributed by atoms with Crippen molar-refractivity contribution in [1.82, 2.24) is 0 Å². The second-order valence-electron chi connectivity index (χ2n) is 5.92. The molecule has 0 aromatic heterocycles. The minimum atomic E-state index is -1.24. The van der Waals surface area contributed by atoms with E-state index in [0.717, 1.165) is 0 Å². The molecule has 1 aromatic rings. The maximum atomic E-state index is 12.4. The van der Waals surface area contributed by atoms with Crippen LogP contribution in [0, 0.1) is 5.41 Å². The van der Waals surface area contributed by atoms with Gasteiger partial charge in [0.05, 0.1) is 21.7 Å². The SMILES string of the molecule is CC(C)(N)C(C)(C)C(=O)Nc1c(Cl)cc(Cl)cc1C(=O)O. The minimum Gasteiger partial charge on any atom is -0.478 e. The first-order chi connectivity index (χ1) is 9.37. The molecule has 7 heteroatoms. The van der Waals surface area contributed by atoms with Gasteiger partial charge in [0.1, 0.15) is 0 Å². The monoisotopic (exact) mass is 332 g/mol. The van der Waals surface area contributed by atoms with Gasteiger partial charge in [0.25, 0.3) is 0 Å². The van der Waals surface area contributed by atoms with E-state index in [1.54, 1.807) is 27.7 Å². The highest BCUT2D eigenvalue weighted by atomic mass is 35.5. The normalized spacial score (nSPS) is 12.1. The van der Waals surface area contributed by atoms with Gasteiger partial charge < -0.3 is 16.2 Å². The molecule has 0 aliphatic carbocycles. The van der Waals surface area contributed by atoms with Gasteiger partial charge in [0, 0.05) is 10.6 Å². The Labute approximate surface area is 133 Å². The number of carboxylic acids is 1. The molecule has 0 bridgehead atoms. The van der Waals surface area contributed by atoms with Crippen LogP contribution in [-0.2, 0) is 4.79 Å². The summed E-state index contributed by atoms with van der Waals surface area (Å²) in [5.74, 6) is -1.67. The third-order valence-corrected chi connectivity index (χ3v) is 4.22. The van der Waals surface area contributed by atoms with Crippen molar-refractivity contribution in [3.05, 3.63) is 27.7 Å². The van der Waals surface area contributed by atoms with Crippen LogP contribution in [0.4, 0.5) is 5.69 Å². The van der Waals surface area contributed by atoms with Gasteiger partial charge in [-0.2, -0.15) is 0 Å². The lowest BCUT2D eigenvalue weighted by Crippen LogP contribution is -2.53. The molecule has 0 saturated heterocycles. The van der Waals surface area contributed by atoms with Crippen molar-refractivity contribution in [3.63, 3.8) is 0 Å². The smallest absolute Gasteiger partial charge is 0.337 e. The van der Waals surface area contributed by atoms with Crippen LogP contribution >= 0.6 is 23.2 Å². The van der Waals surface area contributed by atoms with Gasteiger partial charge in [-0.3, -0.25) is 4.79 Å². The number of hydrogen-bond acceptors (Lipinski definition) is 3. The van der Waals surface area contributed by atoms with Crippen molar-refractivity contribution < 1.29 is 14.7 Å². The number of aromatic carboxylic acids is 1. The molecule has 4 N–H and O–H groups in total. The summed E-state index contributed by atoms with van der Waals surface area (Å²) in [6, 6.07) is 2.59. The summed E-state index contributed by atoms with van der Waals surface area (Å²) in [5, 5.41) is 12.0. The molecule has 0 heterocycles. The van der Waals surface area contributed by atoms with Crippen molar-refractivity contribution in [2.24, 2.45) is 11.1 Å². The lowest BCUT2D eigenvalue weighted by atomic mass is 9.74. The van der Waals surface area contributed by atoms with Crippen LogP contribution in [0.1, 0.15) is 38.1 Å². The Hall–Kier alpha value is -1.30. The van der Waals surface area contributed by atoms with Gasteiger partial charge in [0.15, 0.2) is 0 Å². The number of halogens is 2. The first kappa shape index (κ1) is 17.8. The number of carboxylic acid groups (broad SMARTS) is 1. The Morgan fingerprint density at radius 1 is 1.19 bits per heavy atom. The number of nitrogens with two attached hydrogens (primary N) is 1. The first-order valence-corrected chi connectivity index (χ1v) is 6.96. The summed E-state index contributed by atoms with van der Waals surface area (Å²) in [5.41, 5.74) is 4.09. The lowest BCUT2D eigenvalue weighted by Gasteiger charge is -2.37. The largest absolute Gasteiger partial charge is 0.478 e. The van der Waals surface area contributed by atoms with Crippen molar-refractivity contribution in [1.29, 1.82) is 0 Å². The number of amides is 1. The first-order valence-electron chi connectivity index (χ1n) is 6.20. The van der Waals surface area contributed by atoms with Crippen LogP contribution in [0.3, 0.4) is 0 Å². The number of rotatable bonds is 4. The maximum absolute atomic E-state index is 12.4. The zero-order valence-electron chi connectivity index (χ0n) is 12.3. The second-order valence-corrected chi connectivity index (χ2v) is 6.76. The lowest BCUT2D eigenvalue weighted by molar-refractivity contribution is -0.126. The summed E-state index contributed by atoms with van der Waals surface area (Å²) in [4.78, 5) is 23.7. The number of carbonyl (C=O) groups is 2. The molecule has 5 nitrogen and oxygen atoms in total. The molecule has 0 aliphatic rings. The van der Waals surface area contributed by atoms with Gasteiger partial charge in [-0.05, 0) is 39.8 Å². The second kappa shape index (κ2) is 5.83. The third-order valence-electron chi connectivity index (χ3n) is 3.70. The predicted octanol–water partition coefficient (Wildman–Crippen LogP) is 3.39. The number of nitrogens with one attached hydrogen (secondary N) is 1. The zero-order chi connectivity index (χ0) is 16.6. The predicted molar refractivity (Wildman–Crippen MR) is 84.1 cm³/mol. The Bertz CT molecular complexity index is 593. The number of hydrogen-bond donors (Lipinski definition) is 3. The number of carbonyl (C=O) groups excluding carboxylic acids is 1. The highest BCUT2D eigenvalue weighted by Crippen LogP contribution is 2.34. The van der Waals surface area contributed by atoms with Crippen LogP contribution in [-0.4, -0.2) is 22.5 Å². The van der Waals surface area contributed by atoms with E-state index >= 15 is 0 Å². The fourth-order valence-electron chi connectivity index (χ4n) is 1.43. The molecule has 0 unspecified atom stereocenters. The van der Waals surface area contributed by atoms with E-state index in [4.69, 9.17) is 28.9 Å². The molecular formula is C14H18Cl2N2O3. The summed E-state index contributed by atoms with van der Waals surface area (Å²) < 4.78 is 0. The van der Waals surface area contributed by atoms with E-state index in [0.29, 0.717) is 0 Å². The summed E-state index contributed by atoms with van der Waals surface area (Å²) >= 11 is 11.8. The fourth-order valence-corrected chi connectivity index (χ4v) is 1.97. The number of benzene rings is 1.